The number of anilines is 2. The van der Waals surface area contributed by atoms with Gasteiger partial charge in [0.15, 0.2) is 0 Å². The van der Waals surface area contributed by atoms with Crippen LogP contribution in [0.3, 0.4) is 0 Å². The van der Waals surface area contributed by atoms with Crippen molar-refractivity contribution in [3.63, 3.8) is 0 Å². The molecule has 1 fully saturated rings. The average molecular weight is 460 g/mol. The number of H-pyrrole nitrogens is 1. The van der Waals surface area contributed by atoms with Crippen molar-refractivity contribution in [1.82, 2.24) is 30.8 Å². The molecule has 1 amide bonds. The van der Waals surface area contributed by atoms with E-state index < -0.39 is 0 Å². The maximum atomic E-state index is 13.0. The molecule has 0 radical (unpaired) electrons. The van der Waals surface area contributed by atoms with Crippen LogP contribution in [-0.2, 0) is 0 Å². The van der Waals surface area contributed by atoms with Crippen LogP contribution in [0.1, 0.15) is 44.0 Å². The molecule has 1 aliphatic rings. The zero-order chi connectivity index (χ0) is 23.7. The highest BCUT2D eigenvalue weighted by Crippen LogP contribution is 2.29. The van der Waals surface area contributed by atoms with E-state index in [2.05, 4.69) is 31.1 Å². The fourth-order valence-electron chi connectivity index (χ4n) is 4.13. The summed E-state index contributed by atoms with van der Waals surface area (Å²) in [6, 6.07) is 9.57. The SMILES string of the molecule is CC(C)(C)NC(=O)c1cc(Nc2ncc3cccc(OC4CCNCC4)c3n2)cc2[nH]ncc12. The maximum absolute atomic E-state index is 13.0. The Morgan fingerprint density at radius 3 is 2.76 bits per heavy atom. The van der Waals surface area contributed by atoms with E-state index in [1.165, 1.54) is 0 Å². The van der Waals surface area contributed by atoms with E-state index in [1.54, 1.807) is 18.5 Å². The summed E-state index contributed by atoms with van der Waals surface area (Å²) in [5.41, 5.74) is 2.36. The van der Waals surface area contributed by atoms with Crippen LogP contribution in [0.5, 0.6) is 5.75 Å². The van der Waals surface area contributed by atoms with E-state index in [0.29, 0.717) is 17.2 Å². The quantitative estimate of drug-likeness (QED) is 0.357. The first kappa shape index (κ1) is 22.1. The molecule has 0 saturated carbocycles. The molecule has 0 unspecified atom stereocenters. The minimum atomic E-state index is -0.358. The molecule has 3 heterocycles. The molecule has 5 rings (SSSR count). The summed E-state index contributed by atoms with van der Waals surface area (Å²) in [6.45, 7) is 7.76. The second-order valence-electron chi connectivity index (χ2n) is 9.64. The topological polar surface area (TPSA) is 117 Å². The largest absolute Gasteiger partial charge is 0.488 e. The number of ether oxygens (including phenoxy) is 1. The third kappa shape index (κ3) is 4.79. The van der Waals surface area contributed by atoms with Gasteiger partial charge in [-0.3, -0.25) is 9.89 Å². The smallest absolute Gasteiger partial charge is 0.252 e. The summed E-state index contributed by atoms with van der Waals surface area (Å²) >= 11 is 0. The molecular weight excluding hydrogens is 430 g/mol. The van der Waals surface area contributed by atoms with Crippen LogP contribution in [0.2, 0.25) is 0 Å². The van der Waals surface area contributed by atoms with Crippen LogP contribution in [0.15, 0.2) is 42.7 Å². The van der Waals surface area contributed by atoms with Crippen LogP contribution < -0.4 is 20.7 Å². The zero-order valence-corrected chi connectivity index (χ0v) is 19.6. The van der Waals surface area contributed by atoms with Gasteiger partial charge in [0.25, 0.3) is 5.91 Å². The molecule has 9 heteroatoms. The molecule has 0 atom stereocenters. The number of para-hydroxylation sites is 1. The molecule has 4 aromatic rings. The molecule has 1 saturated heterocycles. The molecule has 4 N–H and O–H groups in total. The van der Waals surface area contributed by atoms with Gasteiger partial charge >= 0.3 is 0 Å². The summed E-state index contributed by atoms with van der Waals surface area (Å²) in [6.07, 6.45) is 5.55. The number of hydrogen-bond acceptors (Lipinski definition) is 7. The van der Waals surface area contributed by atoms with Crippen molar-refractivity contribution in [3.05, 3.63) is 48.3 Å². The highest BCUT2D eigenvalue weighted by molar-refractivity contribution is 6.07. The number of benzene rings is 2. The molecule has 0 aliphatic carbocycles. The fourth-order valence-corrected chi connectivity index (χ4v) is 4.13. The first-order chi connectivity index (χ1) is 16.4. The number of hydrogen-bond donors (Lipinski definition) is 4. The first-order valence-electron chi connectivity index (χ1n) is 11.6. The number of piperidine rings is 1. The summed E-state index contributed by atoms with van der Waals surface area (Å²) in [5.74, 6) is 1.01. The number of aromatic amines is 1. The maximum Gasteiger partial charge on any atom is 0.252 e. The average Bonchev–Trinajstić information content (AvgIpc) is 3.27. The number of carbonyl (C=O) groups excluding carboxylic acids is 1. The lowest BCUT2D eigenvalue weighted by atomic mass is 10.0. The van der Waals surface area contributed by atoms with E-state index >= 15 is 0 Å². The summed E-state index contributed by atoms with van der Waals surface area (Å²) in [5, 5.41) is 18.4. The molecular formula is C25H29N7O2. The number of rotatable bonds is 5. The Balaban J connectivity index is 1.46. The predicted molar refractivity (Wildman–Crippen MR) is 133 cm³/mol. The molecule has 2 aromatic carbocycles. The van der Waals surface area contributed by atoms with Gasteiger partial charge in [0.2, 0.25) is 5.95 Å². The normalized spacial score (nSPS) is 14.9. The van der Waals surface area contributed by atoms with E-state index in [9.17, 15) is 4.79 Å². The van der Waals surface area contributed by atoms with Gasteiger partial charge in [0.05, 0.1) is 17.3 Å². The minimum absolute atomic E-state index is 0.167. The molecule has 2 aromatic heterocycles. The van der Waals surface area contributed by atoms with Crippen molar-refractivity contribution in [2.45, 2.75) is 45.3 Å². The van der Waals surface area contributed by atoms with Crippen LogP contribution in [-0.4, -0.2) is 50.8 Å². The summed E-state index contributed by atoms with van der Waals surface area (Å²) < 4.78 is 6.29. The standard InChI is InChI=1S/C25H29N7O2/c1-25(2,3)31-23(33)18-11-16(12-20-19(18)14-28-32-20)29-24-27-13-15-5-4-6-21(22(15)30-24)34-17-7-9-26-10-8-17/h4-6,11-14,17,26H,7-10H2,1-3H3,(H,28,32)(H,31,33)(H,27,29,30). The Kier molecular flexibility index (Phi) is 5.79. The van der Waals surface area contributed by atoms with E-state index in [0.717, 1.165) is 53.5 Å². The van der Waals surface area contributed by atoms with Crippen LogP contribution in [0, 0.1) is 0 Å². The Morgan fingerprint density at radius 2 is 1.97 bits per heavy atom. The Hall–Kier alpha value is -3.72. The lowest BCUT2D eigenvalue weighted by Gasteiger charge is -2.24. The lowest BCUT2D eigenvalue weighted by molar-refractivity contribution is 0.0921. The van der Waals surface area contributed by atoms with Gasteiger partial charge in [-0.05, 0) is 64.9 Å². The molecule has 1 aliphatic heterocycles. The third-order valence-corrected chi connectivity index (χ3v) is 5.70. The summed E-state index contributed by atoms with van der Waals surface area (Å²) in [7, 11) is 0. The predicted octanol–water partition coefficient (Wildman–Crippen LogP) is 3.91. The van der Waals surface area contributed by atoms with E-state index in [-0.39, 0.29) is 17.6 Å². The van der Waals surface area contributed by atoms with Crippen molar-refractivity contribution in [1.29, 1.82) is 0 Å². The molecule has 34 heavy (non-hydrogen) atoms. The number of nitrogens with zero attached hydrogens (tertiary/aromatic N) is 3. The van der Waals surface area contributed by atoms with Crippen molar-refractivity contribution in [3.8, 4) is 5.75 Å². The number of fused-ring (bicyclic) bond motifs is 2. The van der Waals surface area contributed by atoms with Gasteiger partial charge in [-0.25, -0.2) is 9.97 Å². The number of nitrogens with one attached hydrogen (secondary N) is 4. The van der Waals surface area contributed by atoms with Gasteiger partial charge in [-0.2, -0.15) is 5.10 Å². The third-order valence-electron chi connectivity index (χ3n) is 5.70. The van der Waals surface area contributed by atoms with Gasteiger partial charge in [-0.1, -0.05) is 12.1 Å². The van der Waals surface area contributed by atoms with E-state index in [1.807, 2.05) is 45.0 Å². The van der Waals surface area contributed by atoms with Gasteiger partial charge in [-0.15, -0.1) is 0 Å². The van der Waals surface area contributed by atoms with E-state index in [4.69, 9.17) is 9.72 Å². The molecule has 0 spiro atoms. The number of amides is 1. The van der Waals surface area contributed by atoms with Crippen LogP contribution in [0.4, 0.5) is 11.6 Å². The summed E-state index contributed by atoms with van der Waals surface area (Å²) in [4.78, 5) is 22.2. The van der Waals surface area contributed by atoms with Crippen LogP contribution >= 0.6 is 0 Å². The highest BCUT2D eigenvalue weighted by Gasteiger charge is 2.20. The minimum Gasteiger partial charge on any atom is -0.488 e. The lowest BCUT2D eigenvalue weighted by Crippen LogP contribution is -2.40. The van der Waals surface area contributed by atoms with Crippen molar-refractivity contribution in [2.75, 3.05) is 18.4 Å². The molecule has 0 bridgehead atoms. The van der Waals surface area contributed by atoms with Gasteiger partial charge in [0, 0.05) is 28.2 Å². The van der Waals surface area contributed by atoms with Crippen LogP contribution in [0.25, 0.3) is 21.8 Å². The Morgan fingerprint density at radius 1 is 1.15 bits per heavy atom. The van der Waals surface area contributed by atoms with Crippen molar-refractivity contribution in [2.24, 2.45) is 0 Å². The monoisotopic (exact) mass is 459 g/mol. The van der Waals surface area contributed by atoms with Gasteiger partial charge < -0.3 is 20.7 Å². The number of carbonyl (C=O) groups is 1. The van der Waals surface area contributed by atoms with Gasteiger partial charge in [0.1, 0.15) is 17.4 Å². The second-order valence-corrected chi connectivity index (χ2v) is 9.64. The highest BCUT2D eigenvalue weighted by atomic mass is 16.5. The first-order valence-corrected chi connectivity index (χ1v) is 11.6. The molecule has 176 valence electrons. The second kappa shape index (κ2) is 8.90. The zero-order valence-electron chi connectivity index (χ0n) is 19.6. The Labute approximate surface area is 197 Å². The van der Waals surface area contributed by atoms with Crippen molar-refractivity contribution >= 4 is 39.3 Å². The fraction of sp³-hybridized carbons (Fsp3) is 0.360. The Bertz CT molecular complexity index is 1340. The van der Waals surface area contributed by atoms with Crippen molar-refractivity contribution < 1.29 is 9.53 Å². The molecule has 9 nitrogen and oxygen atoms in total. The number of aromatic nitrogens is 4.